The van der Waals surface area contributed by atoms with Crippen molar-refractivity contribution in [2.24, 2.45) is 5.92 Å². The standard InChI is InChI=1S/C20H23BrFN2O8P/c1-12(13(2)25)11-33(29,32-14-6-4-3-5-7-14)30-10-15-17(27)20(21,22)18(31-15)24-9-8-16(26)23-19(24)28/h3-9,12,15,17-18,27H,10-11H2,1-2H3,(H,23,26,28)/t12-,15-,17?,18-,20-,33?/m1/s1. The number of nitrogens with zero attached hydrogens (tertiary/aromatic N) is 1. The van der Waals surface area contributed by atoms with Crippen molar-refractivity contribution in [1.82, 2.24) is 9.55 Å². The second kappa shape index (κ2) is 10.0. The predicted molar refractivity (Wildman–Crippen MR) is 119 cm³/mol. The van der Waals surface area contributed by atoms with Crippen LogP contribution in [-0.2, 0) is 18.6 Å². The monoisotopic (exact) mass is 548 g/mol. The molecular weight excluding hydrogens is 526 g/mol. The number of ether oxygens (including phenoxy) is 1. The fourth-order valence-electron chi connectivity index (χ4n) is 3.13. The van der Waals surface area contributed by atoms with E-state index in [9.17, 15) is 24.1 Å². The molecule has 1 fully saturated rings. The Morgan fingerprint density at radius 2 is 2.03 bits per heavy atom. The predicted octanol–water partition coefficient (Wildman–Crippen LogP) is 2.37. The number of hydrogen-bond donors (Lipinski definition) is 2. The summed E-state index contributed by atoms with van der Waals surface area (Å²) < 4.78 is 43.4. The number of ketones is 1. The number of carbonyl (C=O) groups is 1. The molecule has 13 heteroatoms. The number of hydrogen-bond acceptors (Lipinski definition) is 8. The van der Waals surface area contributed by atoms with Crippen LogP contribution in [0.5, 0.6) is 5.75 Å². The van der Waals surface area contributed by atoms with Gasteiger partial charge in [-0.2, -0.15) is 0 Å². The van der Waals surface area contributed by atoms with Crippen LogP contribution in [-0.4, -0.2) is 50.0 Å². The molecule has 0 bridgehead atoms. The highest BCUT2D eigenvalue weighted by atomic mass is 79.9. The number of H-pyrrole nitrogens is 1. The Morgan fingerprint density at radius 3 is 2.64 bits per heavy atom. The van der Waals surface area contributed by atoms with Crippen molar-refractivity contribution >= 4 is 29.3 Å². The number of aliphatic hydroxyl groups excluding tert-OH is 1. The van der Waals surface area contributed by atoms with Crippen molar-refractivity contribution in [2.45, 2.75) is 36.9 Å². The average molecular weight is 549 g/mol. The van der Waals surface area contributed by atoms with E-state index >= 15 is 4.39 Å². The molecule has 33 heavy (non-hydrogen) atoms. The third-order valence-corrected chi connectivity index (χ3v) is 7.99. The number of halogens is 2. The van der Waals surface area contributed by atoms with Crippen molar-refractivity contribution in [2.75, 3.05) is 12.8 Å². The van der Waals surface area contributed by atoms with E-state index in [1.165, 1.54) is 6.92 Å². The second-order valence-corrected chi connectivity index (χ2v) is 10.9. The molecular formula is C20H23BrFN2O8P. The lowest BCUT2D eigenvalue weighted by atomic mass is 10.1. The van der Waals surface area contributed by atoms with Gasteiger partial charge in [0.2, 0.25) is 4.58 Å². The molecule has 1 aliphatic heterocycles. The zero-order valence-electron chi connectivity index (χ0n) is 17.7. The molecule has 1 saturated heterocycles. The minimum Gasteiger partial charge on any atom is -0.424 e. The highest BCUT2D eigenvalue weighted by Crippen LogP contribution is 2.52. The first-order valence-corrected chi connectivity index (χ1v) is 12.5. The van der Waals surface area contributed by atoms with Crippen molar-refractivity contribution in [3.63, 3.8) is 0 Å². The van der Waals surface area contributed by atoms with Crippen molar-refractivity contribution in [3.8, 4) is 5.75 Å². The van der Waals surface area contributed by atoms with Crippen molar-refractivity contribution < 1.29 is 32.6 Å². The number of nitrogens with one attached hydrogen (secondary N) is 1. The van der Waals surface area contributed by atoms with Gasteiger partial charge in [-0.25, -0.2) is 13.8 Å². The van der Waals surface area contributed by atoms with Gasteiger partial charge in [-0.15, -0.1) is 0 Å². The van der Waals surface area contributed by atoms with E-state index in [2.05, 4.69) is 15.9 Å². The summed E-state index contributed by atoms with van der Waals surface area (Å²) in [6.07, 6.45) is -4.08. The number of carbonyl (C=O) groups excluding carboxylic acids is 1. The van der Waals surface area contributed by atoms with Crippen LogP contribution < -0.4 is 15.8 Å². The molecule has 0 spiro atoms. The van der Waals surface area contributed by atoms with Gasteiger partial charge in [0.15, 0.2) is 6.23 Å². The highest BCUT2D eigenvalue weighted by molar-refractivity contribution is 9.10. The fraction of sp³-hybridized carbons (Fsp3) is 0.450. The van der Waals surface area contributed by atoms with E-state index in [0.717, 1.165) is 16.8 Å². The second-order valence-electron chi connectivity index (χ2n) is 7.67. The summed E-state index contributed by atoms with van der Waals surface area (Å²) in [4.78, 5) is 37.0. The van der Waals surface area contributed by atoms with Crippen LogP contribution in [0, 0.1) is 5.92 Å². The van der Waals surface area contributed by atoms with E-state index in [-0.39, 0.29) is 17.7 Å². The van der Waals surface area contributed by atoms with Crippen LogP contribution >= 0.6 is 23.5 Å². The Bertz CT molecular complexity index is 1150. The lowest BCUT2D eigenvalue weighted by Crippen LogP contribution is -2.41. The molecule has 2 N–H and O–H groups in total. The van der Waals surface area contributed by atoms with E-state index in [0.29, 0.717) is 0 Å². The Kier molecular flexibility index (Phi) is 7.75. The maximum atomic E-state index is 15.3. The third kappa shape index (κ3) is 5.88. The zero-order chi connectivity index (χ0) is 24.4. The number of aromatic nitrogens is 2. The molecule has 6 atom stereocenters. The summed E-state index contributed by atoms with van der Waals surface area (Å²) in [5.41, 5.74) is -1.64. The van der Waals surface area contributed by atoms with Crippen LogP contribution in [0.2, 0.25) is 0 Å². The lowest BCUT2D eigenvalue weighted by molar-refractivity contribution is -0.119. The van der Waals surface area contributed by atoms with E-state index in [1.807, 2.05) is 4.98 Å². The summed E-state index contributed by atoms with van der Waals surface area (Å²) in [6, 6.07) is 9.15. The minimum absolute atomic E-state index is 0.228. The van der Waals surface area contributed by atoms with E-state index in [1.54, 1.807) is 37.3 Å². The number of Topliss-reactive ketones (excluding diaryl/α,β-unsaturated/α-hetero) is 1. The Balaban J connectivity index is 1.80. The molecule has 3 rings (SSSR count). The number of aromatic amines is 1. The summed E-state index contributed by atoms with van der Waals surface area (Å²) in [6.45, 7) is 2.34. The molecule has 0 saturated carbocycles. The molecule has 2 heterocycles. The van der Waals surface area contributed by atoms with Crippen LogP contribution in [0.3, 0.4) is 0 Å². The van der Waals surface area contributed by atoms with Gasteiger partial charge in [0.1, 0.15) is 23.7 Å². The van der Waals surface area contributed by atoms with Gasteiger partial charge in [0, 0.05) is 18.2 Å². The molecule has 10 nitrogen and oxygen atoms in total. The number of aliphatic hydroxyl groups is 1. The summed E-state index contributed by atoms with van der Waals surface area (Å²) in [7, 11) is -3.95. The molecule has 1 aromatic carbocycles. The van der Waals surface area contributed by atoms with Gasteiger partial charge in [-0.05, 0) is 35.0 Å². The maximum Gasteiger partial charge on any atom is 0.379 e. The van der Waals surface area contributed by atoms with E-state index in [4.69, 9.17) is 13.8 Å². The number of para-hydroxylation sites is 1. The van der Waals surface area contributed by atoms with Crippen LogP contribution in [0.4, 0.5) is 4.39 Å². The minimum atomic E-state index is -3.95. The van der Waals surface area contributed by atoms with Crippen LogP contribution in [0.25, 0.3) is 0 Å². The van der Waals surface area contributed by atoms with Crippen molar-refractivity contribution in [1.29, 1.82) is 0 Å². The SMILES string of the molecule is CC(=O)[C@H](C)CP(=O)(OC[C@H]1O[C@@H](n2ccc(=O)[nH]c2=O)[C@@](F)(Br)C1O)Oc1ccccc1. The Labute approximate surface area is 196 Å². The van der Waals surface area contributed by atoms with Gasteiger partial charge in [-0.3, -0.25) is 23.7 Å². The largest absolute Gasteiger partial charge is 0.424 e. The topological polar surface area (TPSA) is 137 Å². The molecule has 2 aromatic rings. The van der Waals surface area contributed by atoms with Gasteiger partial charge in [-0.1, -0.05) is 25.1 Å². The van der Waals surface area contributed by atoms with Crippen LogP contribution in [0.15, 0.2) is 52.2 Å². The average Bonchev–Trinajstić information content (AvgIpc) is 2.96. The van der Waals surface area contributed by atoms with Gasteiger partial charge >= 0.3 is 13.3 Å². The smallest absolute Gasteiger partial charge is 0.379 e. The quantitative estimate of drug-likeness (QED) is 0.360. The molecule has 2 unspecified atom stereocenters. The highest BCUT2D eigenvalue weighted by Gasteiger charge is 2.57. The Hall–Kier alpha value is -2.11. The van der Waals surface area contributed by atoms with E-state index < -0.39 is 54.4 Å². The molecule has 0 radical (unpaired) electrons. The summed E-state index contributed by atoms with van der Waals surface area (Å²) in [5, 5.41) is 10.5. The molecule has 1 aromatic heterocycles. The fourth-order valence-corrected chi connectivity index (χ4v) is 5.73. The number of benzene rings is 1. The number of rotatable bonds is 9. The summed E-state index contributed by atoms with van der Waals surface area (Å²) >= 11 is 2.74. The first-order chi connectivity index (χ1) is 15.4. The van der Waals surface area contributed by atoms with Crippen molar-refractivity contribution in [3.05, 3.63) is 63.4 Å². The molecule has 1 aliphatic rings. The summed E-state index contributed by atoms with van der Waals surface area (Å²) in [5.74, 6) is -0.645. The zero-order valence-corrected chi connectivity index (χ0v) is 20.2. The Morgan fingerprint density at radius 1 is 1.36 bits per heavy atom. The first-order valence-electron chi connectivity index (χ1n) is 9.94. The maximum absolute atomic E-state index is 15.3. The third-order valence-electron chi connectivity index (χ3n) is 5.10. The van der Waals surface area contributed by atoms with Crippen LogP contribution in [0.1, 0.15) is 20.1 Å². The molecule has 180 valence electrons. The number of alkyl halides is 2. The molecule has 0 amide bonds. The van der Waals surface area contributed by atoms with Gasteiger partial charge in [0.25, 0.3) is 5.56 Å². The normalized spacial score (nSPS) is 27.6. The van der Waals surface area contributed by atoms with Gasteiger partial charge in [0.05, 0.1) is 12.8 Å². The van der Waals surface area contributed by atoms with Gasteiger partial charge < -0.3 is 14.4 Å². The first kappa shape index (κ1) is 25.5. The molecule has 0 aliphatic carbocycles. The lowest BCUT2D eigenvalue weighted by Gasteiger charge is -2.24.